The molecule has 3 rings (SSSR count). The fourth-order valence-electron chi connectivity index (χ4n) is 3.58. The molecule has 2 aromatic carbocycles. The van der Waals surface area contributed by atoms with E-state index in [1.54, 1.807) is 0 Å². The van der Waals surface area contributed by atoms with Gasteiger partial charge in [-0.05, 0) is 68.5 Å². The van der Waals surface area contributed by atoms with Crippen LogP contribution >= 0.6 is 0 Å². The van der Waals surface area contributed by atoms with E-state index in [9.17, 15) is 4.79 Å². The molecule has 1 heterocycles. The number of aryl methyl sites for hydroxylation is 2. The number of piperidine rings is 1. The Hall–Kier alpha value is -2.29. The van der Waals surface area contributed by atoms with Crippen LogP contribution < -0.4 is 10.2 Å². The van der Waals surface area contributed by atoms with Gasteiger partial charge >= 0.3 is 0 Å². The lowest BCUT2D eigenvalue weighted by molar-refractivity contribution is 0.102. The molecule has 0 saturated carbocycles. The second kappa shape index (κ2) is 7.73. The van der Waals surface area contributed by atoms with Crippen molar-refractivity contribution in [1.82, 2.24) is 0 Å². The van der Waals surface area contributed by atoms with Crippen LogP contribution in [-0.4, -0.2) is 19.0 Å². The highest BCUT2D eigenvalue weighted by molar-refractivity contribution is 6.04. The van der Waals surface area contributed by atoms with Gasteiger partial charge in [-0.25, -0.2) is 0 Å². The predicted octanol–water partition coefficient (Wildman–Crippen LogP) is 5.18. The monoisotopic (exact) mass is 336 g/mol. The Morgan fingerprint density at radius 1 is 1.08 bits per heavy atom. The van der Waals surface area contributed by atoms with E-state index in [1.807, 2.05) is 37.3 Å². The zero-order chi connectivity index (χ0) is 17.8. The maximum Gasteiger partial charge on any atom is 0.255 e. The van der Waals surface area contributed by atoms with E-state index >= 15 is 0 Å². The molecular weight excluding hydrogens is 308 g/mol. The van der Waals surface area contributed by atoms with Crippen LogP contribution in [0.25, 0.3) is 0 Å². The number of amides is 1. The quantitative estimate of drug-likeness (QED) is 0.834. The van der Waals surface area contributed by atoms with Crippen molar-refractivity contribution in [1.29, 1.82) is 0 Å². The SMILES string of the molecule is CCC1CCN(c2ccc(NC(=O)c3ccc(C)cc3)cc2C)CC1. The smallest absolute Gasteiger partial charge is 0.255 e. The fraction of sp³-hybridized carbons (Fsp3) is 0.409. The number of nitrogens with one attached hydrogen (secondary N) is 1. The molecule has 0 atom stereocenters. The zero-order valence-corrected chi connectivity index (χ0v) is 15.5. The van der Waals surface area contributed by atoms with Crippen LogP contribution in [0.15, 0.2) is 42.5 Å². The highest BCUT2D eigenvalue weighted by Gasteiger charge is 2.19. The molecule has 3 heteroatoms. The first-order valence-electron chi connectivity index (χ1n) is 9.30. The van der Waals surface area contributed by atoms with E-state index in [4.69, 9.17) is 0 Å². The molecule has 0 aromatic heterocycles. The Morgan fingerprint density at radius 3 is 2.36 bits per heavy atom. The Kier molecular flexibility index (Phi) is 5.42. The average Bonchev–Trinajstić information content (AvgIpc) is 2.62. The molecule has 0 unspecified atom stereocenters. The van der Waals surface area contributed by atoms with Crippen LogP contribution in [0.3, 0.4) is 0 Å². The molecule has 2 aromatic rings. The summed E-state index contributed by atoms with van der Waals surface area (Å²) in [6.07, 6.45) is 3.85. The van der Waals surface area contributed by atoms with Gasteiger partial charge in [0.05, 0.1) is 0 Å². The molecule has 1 aliphatic rings. The number of nitrogens with zero attached hydrogens (tertiary/aromatic N) is 1. The summed E-state index contributed by atoms with van der Waals surface area (Å²) in [5, 5.41) is 3.01. The number of carbonyl (C=O) groups is 1. The summed E-state index contributed by atoms with van der Waals surface area (Å²) in [6.45, 7) is 8.70. The molecule has 0 spiro atoms. The highest BCUT2D eigenvalue weighted by Crippen LogP contribution is 2.29. The van der Waals surface area contributed by atoms with Crippen molar-refractivity contribution >= 4 is 17.3 Å². The van der Waals surface area contributed by atoms with Gasteiger partial charge in [-0.3, -0.25) is 4.79 Å². The van der Waals surface area contributed by atoms with Crippen molar-refractivity contribution in [3.63, 3.8) is 0 Å². The Morgan fingerprint density at radius 2 is 1.76 bits per heavy atom. The van der Waals surface area contributed by atoms with Crippen molar-refractivity contribution in [3.05, 3.63) is 59.2 Å². The number of rotatable bonds is 4. The van der Waals surface area contributed by atoms with Crippen LogP contribution in [0.2, 0.25) is 0 Å². The van der Waals surface area contributed by atoms with Gasteiger partial charge in [0, 0.05) is 30.0 Å². The van der Waals surface area contributed by atoms with E-state index in [-0.39, 0.29) is 5.91 Å². The molecule has 1 fully saturated rings. The standard InChI is InChI=1S/C22H28N2O/c1-4-18-11-13-24(14-12-18)21-10-9-20(15-17(21)3)23-22(25)19-7-5-16(2)6-8-19/h5-10,15,18H,4,11-14H2,1-3H3,(H,23,25). The average molecular weight is 336 g/mol. The lowest BCUT2D eigenvalue weighted by Crippen LogP contribution is -2.33. The van der Waals surface area contributed by atoms with Gasteiger partial charge in [-0.2, -0.15) is 0 Å². The van der Waals surface area contributed by atoms with Crippen molar-refractivity contribution in [2.75, 3.05) is 23.3 Å². The first-order valence-corrected chi connectivity index (χ1v) is 9.30. The number of benzene rings is 2. The topological polar surface area (TPSA) is 32.3 Å². The van der Waals surface area contributed by atoms with E-state index in [2.05, 4.69) is 36.2 Å². The Balaban J connectivity index is 1.67. The molecule has 1 amide bonds. The molecule has 0 aliphatic carbocycles. The van der Waals surface area contributed by atoms with Crippen molar-refractivity contribution in [2.45, 2.75) is 40.0 Å². The fourth-order valence-corrected chi connectivity index (χ4v) is 3.58. The van der Waals surface area contributed by atoms with Crippen molar-refractivity contribution in [3.8, 4) is 0 Å². The summed E-state index contributed by atoms with van der Waals surface area (Å²) in [5.41, 5.74) is 5.22. The minimum absolute atomic E-state index is 0.0593. The molecule has 1 N–H and O–H groups in total. The van der Waals surface area contributed by atoms with Crippen LogP contribution in [0.4, 0.5) is 11.4 Å². The van der Waals surface area contributed by atoms with Gasteiger partial charge in [-0.1, -0.05) is 31.0 Å². The summed E-state index contributed by atoms with van der Waals surface area (Å²) in [4.78, 5) is 14.9. The van der Waals surface area contributed by atoms with E-state index < -0.39 is 0 Å². The Labute approximate surface area is 151 Å². The molecule has 1 saturated heterocycles. The summed E-state index contributed by atoms with van der Waals surface area (Å²) in [6, 6.07) is 13.9. The second-order valence-electron chi connectivity index (χ2n) is 7.16. The van der Waals surface area contributed by atoms with Crippen LogP contribution in [-0.2, 0) is 0 Å². The third-order valence-corrected chi connectivity index (χ3v) is 5.30. The van der Waals surface area contributed by atoms with Crippen LogP contribution in [0.5, 0.6) is 0 Å². The molecule has 0 bridgehead atoms. The minimum Gasteiger partial charge on any atom is -0.371 e. The molecular formula is C22H28N2O. The predicted molar refractivity (Wildman–Crippen MR) is 106 cm³/mol. The number of anilines is 2. The van der Waals surface area contributed by atoms with Gasteiger partial charge in [0.15, 0.2) is 0 Å². The second-order valence-corrected chi connectivity index (χ2v) is 7.16. The lowest BCUT2D eigenvalue weighted by Gasteiger charge is -2.34. The van der Waals surface area contributed by atoms with Crippen LogP contribution in [0, 0.1) is 19.8 Å². The Bertz CT molecular complexity index is 728. The normalized spacial score (nSPS) is 15.2. The summed E-state index contributed by atoms with van der Waals surface area (Å²) < 4.78 is 0. The first-order chi connectivity index (χ1) is 12.1. The maximum absolute atomic E-state index is 12.4. The third-order valence-electron chi connectivity index (χ3n) is 5.30. The highest BCUT2D eigenvalue weighted by atomic mass is 16.1. The van der Waals surface area contributed by atoms with Gasteiger partial charge in [0.25, 0.3) is 5.91 Å². The zero-order valence-electron chi connectivity index (χ0n) is 15.5. The van der Waals surface area contributed by atoms with Gasteiger partial charge in [-0.15, -0.1) is 0 Å². The van der Waals surface area contributed by atoms with Crippen molar-refractivity contribution in [2.24, 2.45) is 5.92 Å². The van der Waals surface area contributed by atoms with E-state index in [0.717, 1.165) is 30.3 Å². The summed E-state index contributed by atoms with van der Waals surface area (Å²) in [5.74, 6) is 0.820. The van der Waals surface area contributed by atoms with E-state index in [1.165, 1.54) is 30.5 Å². The molecule has 0 radical (unpaired) electrons. The minimum atomic E-state index is -0.0593. The van der Waals surface area contributed by atoms with Gasteiger partial charge in [0.1, 0.15) is 0 Å². The van der Waals surface area contributed by atoms with Crippen LogP contribution in [0.1, 0.15) is 47.7 Å². The molecule has 25 heavy (non-hydrogen) atoms. The summed E-state index contributed by atoms with van der Waals surface area (Å²) in [7, 11) is 0. The summed E-state index contributed by atoms with van der Waals surface area (Å²) >= 11 is 0. The van der Waals surface area contributed by atoms with Gasteiger partial charge < -0.3 is 10.2 Å². The third kappa shape index (κ3) is 4.22. The van der Waals surface area contributed by atoms with Crippen molar-refractivity contribution < 1.29 is 4.79 Å². The lowest BCUT2D eigenvalue weighted by atomic mass is 9.94. The number of hydrogen-bond acceptors (Lipinski definition) is 2. The maximum atomic E-state index is 12.4. The first kappa shape index (κ1) is 17.5. The molecule has 1 aliphatic heterocycles. The number of hydrogen-bond donors (Lipinski definition) is 1. The van der Waals surface area contributed by atoms with E-state index in [0.29, 0.717) is 5.56 Å². The number of carbonyl (C=O) groups excluding carboxylic acids is 1. The molecule has 3 nitrogen and oxygen atoms in total. The van der Waals surface area contributed by atoms with Gasteiger partial charge in [0.2, 0.25) is 0 Å². The molecule has 132 valence electrons. The largest absolute Gasteiger partial charge is 0.371 e.